The van der Waals surface area contributed by atoms with Gasteiger partial charge in [-0.3, -0.25) is 14.4 Å². The summed E-state index contributed by atoms with van der Waals surface area (Å²) in [4.78, 5) is 36.3. The summed E-state index contributed by atoms with van der Waals surface area (Å²) < 4.78 is 20.5. The van der Waals surface area contributed by atoms with Gasteiger partial charge in [0.15, 0.2) is 17.3 Å². The predicted octanol–water partition coefficient (Wildman–Crippen LogP) is 2.70. The molecule has 0 aliphatic heterocycles. The van der Waals surface area contributed by atoms with Gasteiger partial charge in [0, 0.05) is 11.1 Å². The molecule has 0 radical (unpaired) electrons. The van der Waals surface area contributed by atoms with Gasteiger partial charge >= 0.3 is 0 Å². The summed E-state index contributed by atoms with van der Waals surface area (Å²) in [6.45, 7) is 8.11. The van der Waals surface area contributed by atoms with E-state index in [4.69, 9.17) is 4.74 Å². The van der Waals surface area contributed by atoms with Crippen LogP contribution in [0.4, 0.5) is 4.39 Å². The van der Waals surface area contributed by atoms with E-state index >= 15 is 4.39 Å². The molecular weight excluding hydrogens is 353 g/mol. The molecule has 0 saturated heterocycles. The maximum Gasteiger partial charge on any atom is 0.259 e. The zero-order valence-corrected chi connectivity index (χ0v) is 16.1. The second kappa shape index (κ2) is 7.50. The van der Waals surface area contributed by atoms with Crippen molar-refractivity contribution in [3.05, 3.63) is 34.6 Å². The van der Waals surface area contributed by atoms with Crippen molar-refractivity contribution in [3.63, 3.8) is 0 Å². The van der Waals surface area contributed by atoms with Crippen molar-refractivity contribution < 1.29 is 28.6 Å². The fourth-order valence-corrected chi connectivity index (χ4v) is 2.91. The van der Waals surface area contributed by atoms with Crippen LogP contribution in [-0.4, -0.2) is 35.7 Å². The van der Waals surface area contributed by atoms with Gasteiger partial charge in [0.05, 0.1) is 18.6 Å². The molecule has 0 spiro atoms. The lowest BCUT2D eigenvalue weighted by molar-refractivity contribution is -0.126. The molecule has 1 amide bonds. The van der Waals surface area contributed by atoms with Crippen molar-refractivity contribution in [2.24, 2.45) is 5.92 Å². The highest BCUT2D eigenvalue weighted by molar-refractivity contribution is 6.28. The van der Waals surface area contributed by atoms with Gasteiger partial charge in [-0.25, -0.2) is 4.39 Å². The Bertz CT molecular complexity index is 839. The summed E-state index contributed by atoms with van der Waals surface area (Å²) in [6, 6.07) is 2.79. The number of aliphatic hydroxyl groups is 1. The number of aliphatic hydroxyl groups excluding tert-OH is 1. The molecule has 1 aromatic rings. The van der Waals surface area contributed by atoms with E-state index in [-0.39, 0.29) is 35.1 Å². The number of carbonyl (C=O) groups is 3. The topological polar surface area (TPSA) is 92.7 Å². The minimum absolute atomic E-state index is 0.0133. The monoisotopic (exact) mass is 377 g/mol. The molecule has 0 saturated carbocycles. The quantitative estimate of drug-likeness (QED) is 0.744. The van der Waals surface area contributed by atoms with Crippen LogP contribution in [-0.2, 0) is 19.8 Å². The number of rotatable bonds is 6. The van der Waals surface area contributed by atoms with Crippen molar-refractivity contribution in [3.8, 4) is 5.75 Å². The third-order valence-corrected chi connectivity index (χ3v) is 4.32. The summed E-state index contributed by atoms with van der Waals surface area (Å²) >= 11 is 0. The fraction of sp³-hybridized carbons (Fsp3) is 0.450. The maximum atomic E-state index is 15.1. The lowest BCUT2D eigenvalue weighted by atomic mass is 9.70. The smallest absolute Gasteiger partial charge is 0.259 e. The van der Waals surface area contributed by atoms with Crippen molar-refractivity contribution in [2.75, 3.05) is 13.2 Å². The molecule has 1 aliphatic carbocycles. The Hall–Kier alpha value is -2.70. The van der Waals surface area contributed by atoms with Crippen LogP contribution in [0.5, 0.6) is 5.75 Å². The van der Waals surface area contributed by atoms with Crippen LogP contribution in [0, 0.1) is 11.7 Å². The number of ether oxygens (including phenoxy) is 1. The average molecular weight is 377 g/mol. The van der Waals surface area contributed by atoms with Gasteiger partial charge in [-0.1, -0.05) is 13.8 Å². The number of carbonyl (C=O) groups excluding carboxylic acids is 3. The summed E-state index contributed by atoms with van der Waals surface area (Å²) in [6.07, 6.45) is 0. The molecule has 0 atom stereocenters. The fourth-order valence-electron chi connectivity index (χ4n) is 2.91. The van der Waals surface area contributed by atoms with Crippen LogP contribution in [0.3, 0.4) is 0 Å². The van der Waals surface area contributed by atoms with Gasteiger partial charge in [0.1, 0.15) is 17.1 Å². The van der Waals surface area contributed by atoms with Crippen molar-refractivity contribution in [2.45, 2.75) is 40.0 Å². The Morgan fingerprint density at radius 1 is 1.30 bits per heavy atom. The Morgan fingerprint density at radius 3 is 2.48 bits per heavy atom. The number of halogens is 1. The third-order valence-electron chi connectivity index (χ3n) is 4.32. The zero-order chi connectivity index (χ0) is 20.5. The first-order valence-corrected chi connectivity index (χ1v) is 8.70. The first kappa shape index (κ1) is 20.6. The van der Waals surface area contributed by atoms with Gasteiger partial charge in [0.25, 0.3) is 5.91 Å². The van der Waals surface area contributed by atoms with E-state index in [1.807, 2.05) is 13.8 Å². The molecule has 0 fully saturated rings. The lowest BCUT2D eigenvalue weighted by Crippen LogP contribution is -2.42. The summed E-state index contributed by atoms with van der Waals surface area (Å²) in [5.41, 5.74) is -1.84. The largest absolute Gasteiger partial charge is 0.506 e. The van der Waals surface area contributed by atoms with Crippen molar-refractivity contribution in [1.82, 2.24) is 5.32 Å². The molecule has 6 nitrogen and oxygen atoms in total. The van der Waals surface area contributed by atoms with Gasteiger partial charge in [-0.05, 0) is 38.8 Å². The minimum atomic E-state index is -1.40. The number of hydrogen-bond acceptors (Lipinski definition) is 5. The molecule has 27 heavy (non-hydrogen) atoms. The highest BCUT2D eigenvalue weighted by Crippen LogP contribution is 2.43. The summed E-state index contributed by atoms with van der Waals surface area (Å²) in [5, 5.41) is 12.8. The first-order valence-electron chi connectivity index (χ1n) is 8.70. The molecule has 0 bridgehead atoms. The van der Waals surface area contributed by atoms with E-state index in [1.165, 1.54) is 32.9 Å². The molecule has 1 aliphatic rings. The van der Waals surface area contributed by atoms with Crippen LogP contribution in [0.2, 0.25) is 0 Å². The highest BCUT2D eigenvalue weighted by Gasteiger charge is 2.45. The first-order chi connectivity index (χ1) is 12.5. The number of nitrogens with one attached hydrogen (secondary N) is 1. The molecular formula is C20H24FNO5. The molecule has 0 unspecified atom stereocenters. The van der Waals surface area contributed by atoms with E-state index in [0.29, 0.717) is 6.61 Å². The van der Waals surface area contributed by atoms with Crippen molar-refractivity contribution in [1.29, 1.82) is 0 Å². The van der Waals surface area contributed by atoms with E-state index < -0.39 is 34.3 Å². The maximum absolute atomic E-state index is 15.1. The number of fused-ring (bicyclic) bond motifs is 1. The van der Waals surface area contributed by atoms with E-state index in [2.05, 4.69) is 5.32 Å². The highest BCUT2D eigenvalue weighted by atomic mass is 19.1. The zero-order valence-electron chi connectivity index (χ0n) is 16.1. The predicted molar refractivity (Wildman–Crippen MR) is 98.0 cm³/mol. The normalized spacial score (nSPS) is 15.6. The van der Waals surface area contributed by atoms with Crippen LogP contribution in [0.25, 0.3) is 5.76 Å². The molecule has 0 aromatic heterocycles. The van der Waals surface area contributed by atoms with Gasteiger partial charge < -0.3 is 15.2 Å². The van der Waals surface area contributed by atoms with Gasteiger partial charge in [-0.15, -0.1) is 0 Å². The molecule has 2 N–H and O–H groups in total. The number of benzene rings is 1. The third kappa shape index (κ3) is 3.86. The van der Waals surface area contributed by atoms with Crippen LogP contribution < -0.4 is 10.1 Å². The minimum Gasteiger partial charge on any atom is -0.506 e. The standard InChI is InChI=1S/C20H24FNO5/c1-10(2)9-27-13-7-6-12-15(16(13)21)20(4,5)18(25)14(17(12)24)19(26)22-8-11(3)23/h6-7,10,24H,8-9H2,1-5H3,(H,22,26). The molecule has 146 valence electrons. The Labute approximate surface area is 157 Å². The SMILES string of the molecule is CC(=O)CNC(=O)C1=C(O)c2ccc(OCC(C)C)c(F)c2C(C)(C)C1=O. The lowest BCUT2D eigenvalue weighted by Gasteiger charge is -2.32. The van der Waals surface area contributed by atoms with Crippen LogP contribution in [0.1, 0.15) is 45.7 Å². The Morgan fingerprint density at radius 2 is 1.93 bits per heavy atom. The second-order valence-electron chi connectivity index (χ2n) is 7.57. The van der Waals surface area contributed by atoms with E-state index in [0.717, 1.165) is 0 Å². The molecule has 7 heteroatoms. The van der Waals surface area contributed by atoms with Gasteiger partial charge in [-0.2, -0.15) is 0 Å². The number of ketones is 2. The van der Waals surface area contributed by atoms with Crippen molar-refractivity contribution >= 4 is 23.2 Å². The molecule has 1 aromatic carbocycles. The number of hydrogen-bond donors (Lipinski definition) is 2. The van der Waals surface area contributed by atoms with Crippen LogP contribution >= 0.6 is 0 Å². The average Bonchev–Trinajstić information content (AvgIpc) is 2.57. The summed E-state index contributed by atoms with van der Waals surface area (Å²) in [7, 11) is 0. The summed E-state index contributed by atoms with van der Waals surface area (Å²) in [5.74, 6) is -3.07. The second-order valence-corrected chi connectivity index (χ2v) is 7.57. The Kier molecular flexibility index (Phi) is 5.73. The van der Waals surface area contributed by atoms with E-state index in [1.54, 1.807) is 0 Å². The van der Waals surface area contributed by atoms with Gasteiger partial charge in [0.2, 0.25) is 0 Å². The molecule has 2 rings (SSSR count). The van der Waals surface area contributed by atoms with Crippen LogP contribution in [0.15, 0.2) is 17.7 Å². The Balaban J connectivity index is 2.56. The number of Topliss-reactive ketones (excluding diaryl/α,β-unsaturated/α-hetero) is 2. The number of amides is 1. The van der Waals surface area contributed by atoms with E-state index in [9.17, 15) is 19.5 Å². The molecule has 0 heterocycles.